The molecule has 10 nitrogen and oxygen atoms in total. The minimum atomic E-state index is -0.670. The van der Waals surface area contributed by atoms with Crippen molar-refractivity contribution in [1.29, 1.82) is 0 Å². The third-order valence-corrected chi connectivity index (χ3v) is 8.32. The van der Waals surface area contributed by atoms with Crippen LogP contribution in [0.4, 0.5) is 0 Å². The van der Waals surface area contributed by atoms with E-state index in [1.165, 1.54) is 6.08 Å². The number of amides is 1. The van der Waals surface area contributed by atoms with Crippen molar-refractivity contribution in [3.05, 3.63) is 36.0 Å². The average Bonchev–Trinajstić information content (AvgIpc) is 3.69. The fourth-order valence-electron chi connectivity index (χ4n) is 5.91. The Bertz CT molecular complexity index is 1010. The standard InChI is InChI=1S/C31H48N2O8/c1-19(8-11-25-28(35)31(18-38-31)17-30(5,6)41-25)7-10-24-20(2)15-23(22(4)40-24)33-27(34)12-9-21(3)39-29(36)26-16-32-13-14-37-26/h7-9,11-12,20-26,28,32,35H,10,13-18H2,1-6H3,(H,33,34)/b11-8+,12-9-,19-7+/t20-,21-,22+,23+,24-,25+,26?,28+,31+/m0/s1. The van der Waals surface area contributed by atoms with E-state index in [2.05, 4.69) is 23.6 Å². The average molecular weight is 577 g/mol. The summed E-state index contributed by atoms with van der Waals surface area (Å²) < 4.78 is 28.8. The summed E-state index contributed by atoms with van der Waals surface area (Å²) in [5.74, 6) is -0.438. The van der Waals surface area contributed by atoms with Crippen LogP contribution >= 0.6 is 0 Å². The van der Waals surface area contributed by atoms with Crippen LogP contribution in [0.1, 0.15) is 60.8 Å². The highest BCUT2D eigenvalue weighted by molar-refractivity contribution is 5.88. The van der Waals surface area contributed by atoms with Crippen molar-refractivity contribution in [2.75, 3.05) is 26.3 Å². The number of carbonyl (C=O) groups is 2. The number of hydrogen-bond acceptors (Lipinski definition) is 9. The zero-order valence-corrected chi connectivity index (χ0v) is 25.3. The maximum Gasteiger partial charge on any atom is 0.337 e. The van der Waals surface area contributed by atoms with E-state index < -0.39 is 36.0 Å². The molecule has 0 aromatic carbocycles. The minimum Gasteiger partial charge on any atom is -0.456 e. The smallest absolute Gasteiger partial charge is 0.337 e. The molecule has 0 aliphatic carbocycles. The fourth-order valence-corrected chi connectivity index (χ4v) is 5.91. The lowest BCUT2D eigenvalue weighted by Gasteiger charge is -2.41. The molecule has 10 heteroatoms. The van der Waals surface area contributed by atoms with Gasteiger partial charge in [0.2, 0.25) is 5.91 Å². The van der Waals surface area contributed by atoms with E-state index in [9.17, 15) is 14.7 Å². The molecule has 4 heterocycles. The lowest BCUT2D eigenvalue weighted by atomic mass is 9.83. The van der Waals surface area contributed by atoms with Crippen LogP contribution in [0.3, 0.4) is 0 Å². The number of epoxide rings is 1. The van der Waals surface area contributed by atoms with E-state index in [-0.39, 0.29) is 35.7 Å². The monoisotopic (exact) mass is 576 g/mol. The van der Waals surface area contributed by atoms with Crippen LogP contribution in [-0.2, 0) is 33.3 Å². The van der Waals surface area contributed by atoms with Crippen LogP contribution in [0.5, 0.6) is 0 Å². The van der Waals surface area contributed by atoms with Gasteiger partial charge in [0.05, 0.1) is 37.1 Å². The summed E-state index contributed by atoms with van der Waals surface area (Å²) in [6.07, 6.45) is 8.92. The molecule has 0 aromatic rings. The molecule has 0 radical (unpaired) electrons. The van der Waals surface area contributed by atoms with Gasteiger partial charge in [-0.15, -0.1) is 0 Å². The van der Waals surface area contributed by atoms with Gasteiger partial charge in [-0.25, -0.2) is 4.79 Å². The van der Waals surface area contributed by atoms with Crippen LogP contribution in [0.15, 0.2) is 36.0 Å². The van der Waals surface area contributed by atoms with E-state index in [0.29, 0.717) is 32.7 Å². The highest BCUT2D eigenvalue weighted by atomic mass is 16.6. The van der Waals surface area contributed by atoms with E-state index in [0.717, 1.165) is 18.4 Å². The second-order valence-corrected chi connectivity index (χ2v) is 12.6. The molecular formula is C31H48N2O8. The maximum atomic E-state index is 12.6. The number of ether oxygens (including phenoxy) is 5. The van der Waals surface area contributed by atoms with Crippen molar-refractivity contribution in [3.8, 4) is 0 Å². The van der Waals surface area contributed by atoms with Crippen LogP contribution in [0.25, 0.3) is 0 Å². The molecule has 0 aromatic heterocycles. The first-order valence-electron chi connectivity index (χ1n) is 14.9. The number of esters is 1. The van der Waals surface area contributed by atoms with Crippen molar-refractivity contribution in [2.45, 2.75) is 115 Å². The molecule has 230 valence electrons. The Kier molecular flexibility index (Phi) is 10.5. The maximum absolute atomic E-state index is 12.6. The molecular weight excluding hydrogens is 528 g/mol. The summed E-state index contributed by atoms with van der Waals surface area (Å²) in [5.41, 5.74) is 0.253. The first kappa shape index (κ1) is 31.8. The molecule has 4 fully saturated rings. The number of aliphatic hydroxyl groups is 1. The summed E-state index contributed by atoms with van der Waals surface area (Å²) in [6, 6.07) is -0.117. The minimum absolute atomic E-state index is 0.0339. The number of allylic oxidation sites excluding steroid dienone is 2. The first-order chi connectivity index (χ1) is 19.4. The van der Waals surface area contributed by atoms with Crippen LogP contribution in [0, 0.1) is 5.92 Å². The highest BCUT2D eigenvalue weighted by Gasteiger charge is 2.60. The van der Waals surface area contributed by atoms with E-state index in [1.807, 2.05) is 39.8 Å². The molecule has 1 amide bonds. The summed E-state index contributed by atoms with van der Waals surface area (Å²) in [6.45, 7) is 14.1. The van der Waals surface area contributed by atoms with Crippen molar-refractivity contribution >= 4 is 11.9 Å². The van der Waals surface area contributed by atoms with E-state index in [4.69, 9.17) is 23.7 Å². The quantitative estimate of drug-likeness (QED) is 0.164. The zero-order valence-electron chi connectivity index (χ0n) is 25.3. The summed E-state index contributed by atoms with van der Waals surface area (Å²) >= 11 is 0. The van der Waals surface area contributed by atoms with E-state index >= 15 is 0 Å². The Hall–Kier alpha value is -2.08. The molecule has 9 atom stereocenters. The van der Waals surface area contributed by atoms with Gasteiger partial charge in [-0.05, 0) is 59.5 Å². The van der Waals surface area contributed by atoms with Crippen molar-refractivity contribution in [3.63, 3.8) is 0 Å². The topological polar surface area (TPSA) is 128 Å². The number of rotatable bonds is 9. The van der Waals surface area contributed by atoms with Gasteiger partial charge < -0.3 is 39.4 Å². The summed E-state index contributed by atoms with van der Waals surface area (Å²) in [4.78, 5) is 24.8. The third-order valence-electron chi connectivity index (χ3n) is 8.32. The molecule has 4 rings (SSSR count). The van der Waals surface area contributed by atoms with Gasteiger partial charge in [0.1, 0.15) is 23.9 Å². The third kappa shape index (κ3) is 8.72. The largest absolute Gasteiger partial charge is 0.456 e. The van der Waals surface area contributed by atoms with Gasteiger partial charge in [0, 0.05) is 25.6 Å². The lowest BCUT2D eigenvalue weighted by molar-refractivity contribution is -0.171. The summed E-state index contributed by atoms with van der Waals surface area (Å²) in [5, 5.41) is 16.9. The number of aliphatic hydroxyl groups excluding tert-OH is 1. The lowest BCUT2D eigenvalue weighted by Crippen LogP contribution is -2.53. The van der Waals surface area contributed by atoms with Crippen LogP contribution < -0.4 is 10.6 Å². The molecule has 4 aliphatic rings. The van der Waals surface area contributed by atoms with Gasteiger partial charge in [-0.1, -0.05) is 30.7 Å². The van der Waals surface area contributed by atoms with Gasteiger partial charge in [0.25, 0.3) is 0 Å². The van der Waals surface area contributed by atoms with Crippen LogP contribution in [0.2, 0.25) is 0 Å². The van der Waals surface area contributed by atoms with Crippen LogP contribution in [-0.4, -0.2) is 97.2 Å². The molecule has 41 heavy (non-hydrogen) atoms. The first-order valence-corrected chi connectivity index (χ1v) is 14.9. The second kappa shape index (κ2) is 13.5. The Labute approximate surface area is 243 Å². The second-order valence-electron chi connectivity index (χ2n) is 12.6. The van der Waals surface area contributed by atoms with E-state index in [1.54, 1.807) is 13.0 Å². The number of morpholine rings is 1. The molecule has 1 spiro atoms. The Morgan fingerprint density at radius 2 is 2.00 bits per heavy atom. The molecule has 0 bridgehead atoms. The predicted molar refractivity (Wildman–Crippen MR) is 153 cm³/mol. The van der Waals surface area contributed by atoms with Gasteiger partial charge in [0.15, 0.2) is 6.10 Å². The molecule has 3 N–H and O–H groups in total. The highest BCUT2D eigenvalue weighted by Crippen LogP contribution is 2.46. The van der Waals surface area contributed by atoms with Crippen molar-refractivity contribution < 1.29 is 38.4 Å². The number of hydrogen-bond donors (Lipinski definition) is 3. The molecule has 1 unspecified atom stereocenters. The van der Waals surface area contributed by atoms with Crippen molar-refractivity contribution in [2.24, 2.45) is 5.92 Å². The van der Waals surface area contributed by atoms with Gasteiger partial charge in [-0.3, -0.25) is 4.79 Å². The van der Waals surface area contributed by atoms with Gasteiger partial charge >= 0.3 is 5.97 Å². The fraction of sp³-hybridized carbons (Fsp3) is 0.742. The summed E-state index contributed by atoms with van der Waals surface area (Å²) in [7, 11) is 0. The SMILES string of the molecule is CC(/C=C/[C@H]1OC(C)(C)C[C@@]2(CO2)[C@@H]1O)=C\C[C@@H]1O[C@H](C)[C@H](NC(=O)/C=C\[C@H](C)OC(=O)C2CNCCO2)C[C@@H]1C. The Balaban J connectivity index is 1.21. The van der Waals surface area contributed by atoms with Gasteiger partial charge in [-0.2, -0.15) is 0 Å². The number of carbonyl (C=O) groups excluding carboxylic acids is 2. The molecule has 0 saturated carbocycles. The zero-order chi connectivity index (χ0) is 29.8. The molecule has 4 aliphatic heterocycles. The normalized spacial score (nSPS) is 38.2. The predicted octanol–water partition coefficient (Wildman–Crippen LogP) is 2.35. The molecule has 4 saturated heterocycles. The van der Waals surface area contributed by atoms with Crippen molar-refractivity contribution in [1.82, 2.24) is 10.6 Å². The Morgan fingerprint density at radius 1 is 1.24 bits per heavy atom. The number of nitrogens with one attached hydrogen (secondary N) is 2. The Morgan fingerprint density at radius 3 is 2.68 bits per heavy atom.